The van der Waals surface area contributed by atoms with Gasteiger partial charge in [-0.3, -0.25) is 5.10 Å². The second-order valence-electron chi connectivity index (χ2n) is 5.21. The van der Waals surface area contributed by atoms with E-state index in [0.717, 1.165) is 22.0 Å². The zero-order valence-electron chi connectivity index (χ0n) is 13.1. The Morgan fingerprint density at radius 2 is 2.08 bits per heavy atom. The first kappa shape index (κ1) is 15.6. The van der Waals surface area contributed by atoms with Crippen molar-refractivity contribution in [3.05, 3.63) is 65.9 Å². The van der Waals surface area contributed by atoms with Crippen molar-refractivity contribution in [3.8, 4) is 11.8 Å². The molecule has 1 aromatic heterocycles. The SMILES string of the molecule is O=C(NCCC#Cc1ccc2cn[nH]c2c1)OCc1ccccc1. The fourth-order valence-corrected chi connectivity index (χ4v) is 2.18. The van der Waals surface area contributed by atoms with Crippen LogP contribution >= 0.6 is 0 Å². The first-order valence-electron chi connectivity index (χ1n) is 7.68. The van der Waals surface area contributed by atoms with Gasteiger partial charge in [0.05, 0.1) is 11.7 Å². The Balaban J connectivity index is 1.39. The predicted molar refractivity (Wildman–Crippen MR) is 92.2 cm³/mol. The fraction of sp³-hybridized carbons (Fsp3) is 0.158. The van der Waals surface area contributed by atoms with Gasteiger partial charge in [-0.05, 0) is 23.8 Å². The largest absolute Gasteiger partial charge is 0.445 e. The number of fused-ring (bicyclic) bond motifs is 1. The maximum absolute atomic E-state index is 11.6. The summed E-state index contributed by atoms with van der Waals surface area (Å²) < 4.78 is 5.12. The van der Waals surface area contributed by atoms with Crippen molar-refractivity contribution in [2.75, 3.05) is 6.54 Å². The van der Waals surface area contributed by atoms with Crippen molar-refractivity contribution in [1.29, 1.82) is 0 Å². The number of hydrogen-bond donors (Lipinski definition) is 2. The standard InChI is InChI=1S/C19H17N3O2/c23-19(24-14-16-7-2-1-3-8-16)20-11-5-4-6-15-9-10-17-13-21-22-18(17)12-15/h1-3,7-10,12-13H,5,11,14H2,(H,20,23)(H,21,22). The van der Waals surface area contributed by atoms with Crippen LogP contribution in [0.5, 0.6) is 0 Å². The first-order valence-corrected chi connectivity index (χ1v) is 7.68. The Labute approximate surface area is 140 Å². The Morgan fingerprint density at radius 1 is 1.21 bits per heavy atom. The van der Waals surface area contributed by atoms with E-state index in [4.69, 9.17) is 4.74 Å². The molecule has 0 aliphatic heterocycles. The van der Waals surface area contributed by atoms with Crippen molar-refractivity contribution in [1.82, 2.24) is 15.5 Å². The molecular formula is C19H17N3O2. The molecule has 1 heterocycles. The lowest BCUT2D eigenvalue weighted by molar-refractivity contribution is 0.140. The molecular weight excluding hydrogens is 302 g/mol. The lowest BCUT2D eigenvalue weighted by Crippen LogP contribution is -2.24. The van der Waals surface area contributed by atoms with Gasteiger partial charge in [-0.15, -0.1) is 0 Å². The van der Waals surface area contributed by atoms with Gasteiger partial charge in [0, 0.05) is 23.9 Å². The van der Waals surface area contributed by atoms with E-state index in [1.54, 1.807) is 6.20 Å². The number of carbonyl (C=O) groups excluding carboxylic acids is 1. The molecule has 24 heavy (non-hydrogen) atoms. The highest BCUT2D eigenvalue weighted by molar-refractivity contribution is 5.79. The topological polar surface area (TPSA) is 67.0 Å². The van der Waals surface area contributed by atoms with Gasteiger partial charge in [0.2, 0.25) is 0 Å². The molecule has 5 nitrogen and oxygen atoms in total. The van der Waals surface area contributed by atoms with Gasteiger partial charge in [-0.25, -0.2) is 4.79 Å². The highest BCUT2D eigenvalue weighted by Gasteiger charge is 2.00. The van der Waals surface area contributed by atoms with Crippen LogP contribution in [-0.4, -0.2) is 22.8 Å². The molecule has 2 N–H and O–H groups in total. The molecule has 0 saturated heterocycles. The number of carbonyl (C=O) groups is 1. The third-order valence-corrected chi connectivity index (χ3v) is 3.41. The zero-order valence-corrected chi connectivity index (χ0v) is 13.1. The summed E-state index contributed by atoms with van der Waals surface area (Å²) >= 11 is 0. The monoisotopic (exact) mass is 319 g/mol. The van der Waals surface area contributed by atoms with E-state index in [0.29, 0.717) is 13.0 Å². The van der Waals surface area contributed by atoms with Crippen molar-refractivity contribution in [2.45, 2.75) is 13.0 Å². The number of benzene rings is 2. The van der Waals surface area contributed by atoms with E-state index < -0.39 is 6.09 Å². The number of aromatic nitrogens is 2. The Kier molecular flexibility index (Phi) is 5.10. The molecule has 0 aliphatic rings. The molecule has 120 valence electrons. The fourth-order valence-electron chi connectivity index (χ4n) is 2.18. The van der Waals surface area contributed by atoms with E-state index in [-0.39, 0.29) is 6.61 Å². The van der Waals surface area contributed by atoms with E-state index in [1.807, 2.05) is 48.5 Å². The number of H-pyrrole nitrogens is 1. The van der Waals surface area contributed by atoms with E-state index in [2.05, 4.69) is 27.4 Å². The second-order valence-corrected chi connectivity index (χ2v) is 5.21. The van der Waals surface area contributed by atoms with Crippen LogP contribution in [0.3, 0.4) is 0 Å². The summed E-state index contributed by atoms with van der Waals surface area (Å²) in [5.74, 6) is 6.10. The molecule has 0 spiro atoms. The van der Waals surface area contributed by atoms with Crippen LogP contribution in [0.1, 0.15) is 17.5 Å². The lowest BCUT2D eigenvalue weighted by atomic mass is 10.2. The van der Waals surface area contributed by atoms with Crippen LogP contribution < -0.4 is 5.32 Å². The van der Waals surface area contributed by atoms with Gasteiger partial charge in [0.15, 0.2) is 0 Å². The number of nitrogens with zero attached hydrogens (tertiary/aromatic N) is 1. The number of rotatable bonds is 4. The van der Waals surface area contributed by atoms with Gasteiger partial charge in [0.1, 0.15) is 6.61 Å². The van der Waals surface area contributed by atoms with Crippen molar-refractivity contribution in [2.24, 2.45) is 0 Å². The summed E-state index contributed by atoms with van der Waals surface area (Å²) in [5, 5.41) is 10.6. The Hall–Kier alpha value is -3.26. The molecule has 2 aromatic carbocycles. The van der Waals surface area contributed by atoms with Crippen molar-refractivity contribution in [3.63, 3.8) is 0 Å². The predicted octanol–water partition coefficient (Wildman–Crippen LogP) is 3.23. The molecule has 0 radical (unpaired) electrons. The van der Waals surface area contributed by atoms with Crippen LogP contribution in [0, 0.1) is 11.8 Å². The van der Waals surface area contributed by atoms with Crippen LogP contribution in [-0.2, 0) is 11.3 Å². The van der Waals surface area contributed by atoms with Crippen LogP contribution in [0.25, 0.3) is 10.9 Å². The van der Waals surface area contributed by atoms with Crippen molar-refractivity contribution < 1.29 is 9.53 Å². The minimum absolute atomic E-state index is 0.266. The minimum atomic E-state index is -0.431. The normalized spacial score (nSPS) is 10.0. The van der Waals surface area contributed by atoms with Crippen LogP contribution in [0.2, 0.25) is 0 Å². The maximum atomic E-state index is 11.6. The molecule has 1 amide bonds. The van der Waals surface area contributed by atoms with Gasteiger partial charge in [-0.2, -0.15) is 5.10 Å². The number of aromatic amines is 1. The quantitative estimate of drug-likeness (QED) is 0.573. The van der Waals surface area contributed by atoms with E-state index in [9.17, 15) is 4.79 Å². The maximum Gasteiger partial charge on any atom is 0.407 e. The van der Waals surface area contributed by atoms with Gasteiger partial charge in [0.25, 0.3) is 0 Å². The molecule has 3 rings (SSSR count). The number of amides is 1. The number of nitrogens with one attached hydrogen (secondary N) is 2. The third kappa shape index (κ3) is 4.37. The summed E-state index contributed by atoms with van der Waals surface area (Å²) in [6, 6.07) is 15.4. The average molecular weight is 319 g/mol. The molecule has 0 fully saturated rings. The molecule has 0 aliphatic carbocycles. The molecule has 5 heteroatoms. The molecule has 0 atom stereocenters. The summed E-state index contributed by atoms with van der Waals surface area (Å²) in [6.45, 7) is 0.718. The molecule has 3 aromatic rings. The summed E-state index contributed by atoms with van der Waals surface area (Å²) in [4.78, 5) is 11.6. The van der Waals surface area contributed by atoms with Crippen molar-refractivity contribution >= 4 is 17.0 Å². The molecule has 0 bridgehead atoms. The number of hydrogen-bond acceptors (Lipinski definition) is 3. The second kappa shape index (κ2) is 7.84. The van der Waals surface area contributed by atoms with Crippen LogP contribution in [0.15, 0.2) is 54.7 Å². The zero-order chi connectivity index (χ0) is 16.6. The Bertz CT molecular complexity index is 876. The van der Waals surface area contributed by atoms with Gasteiger partial charge in [-0.1, -0.05) is 42.2 Å². The third-order valence-electron chi connectivity index (χ3n) is 3.41. The molecule has 0 unspecified atom stereocenters. The van der Waals surface area contributed by atoms with Crippen LogP contribution in [0.4, 0.5) is 4.79 Å². The van der Waals surface area contributed by atoms with Gasteiger partial charge < -0.3 is 10.1 Å². The van der Waals surface area contributed by atoms with Gasteiger partial charge >= 0.3 is 6.09 Å². The smallest absolute Gasteiger partial charge is 0.407 e. The number of ether oxygens (including phenoxy) is 1. The average Bonchev–Trinajstić information content (AvgIpc) is 3.08. The summed E-state index contributed by atoms with van der Waals surface area (Å²) in [7, 11) is 0. The summed E-state index contributed by atoms with van der Waals surface area (Å²) in [5.41, 5.74) is 2.84. The first-order chi connectivity index (χ1) is 11.8. The highest BCUT2D eigenvalue weighted by Crippen LogP contribution is 2.11. The van der Waals surface area contributed by atoms with E-state index in [1.165, 1.54) is 0 Å². The highest BCUT2D eigenvalue weighted by atomic mass is 16.5. The molecule has 0 saturated carbocycles. The number of alkyl carbamates (subject to hydrolysis) is 1. The van der Waals surface area contributed by atoms with E-state index >= 15 is 0 Å². The lowest BCUT2D eigenvalue weighted by Gasteiger charge is -2.05. The Morgan fingerprint density at radius 3 is 2.96 bits per heavy atom. The summed E-state index contributed by atoms with van der Waals surface area (Å²) in [6.07, 6.45) is 1.90. The minimum Gasteiger partial charge on any atom is -0.445 e.